The van der Waals surface area contributed by atoms with Gasteiger partial charge in [-0.05, 0) is 12.5 Å². The summed E-state index contributed by atoms with van der Waals surface area (Å²) in [6.07, 6.45) is 0. The summed E-state index contributed by atoms with van der Waals surface area (Å²) in [6, 6.07) is 5.53. The van der Waals surface area contributed by atoms with Crippen molar-refractivity contribution in [2.75, 3.05) is 0 Å². The maximum absolute atomic E-state index is 10.9. The number of aryl methyl sites for hydroxylation is 2. The first-order chi connectivity index (χ1) is 7.61. The molecule has 0 saturated heterocycles. The van der Waals surface area contributed by atoms with Crippen molar-refractivity contribution in [1.29, 1.82) is 0 Å². The number of carbonyl (C=O) groups is 1. The normalized spacial score (nSPS) is 9.75. The number of carboxylic acids is 1. The lowest BCUT2D eigenvalue weighted by atomic mass is 10.1. The van der Waals surface area contributed by atoms with Gasteiger partial charge in [-0.15, -0.1) is 0 Å². The molecule has 0 atom stereocenters. The molecule has 0 saturated carbocycles. The van der Waals surface area contributed by atoms with Crippen LogP contribution in [-0.2, 0) is 7.05 Å². The van der Waals surface area contributed by atoms with E-state index in [9.17, 15) is 4.79 Å². The summed E-state index contributed by atoms with van der Waals surface area (Å²) < 4.78 is 1.40. The quantitative estimate of drug-likeness (QED) is 0.803. The summed E-state index contributed by atoms with van der Waals surface area (Å²) in [6.45, 7) is 5.92. The minimum Gasteiger partial charge on any atom is -0.477 e. The molecule has 0 bridgehead atoms. The molecule has 1 aromatic carbocycles. The monoisotopic (exact) mass is 220 g/mol. The van der Waals surface area contributed by atoms with Crippen molar-refractivity contribution in [3.63, 3.8) is 0 Å². The zero-order chi connectivity index (χ0) is 12.3. The smallest absolute Gasteiger partial charge is 0.354 e. The predicted molar refractivity (Wildman–Crippen MR) is 63.8 cm³/mol. The van der Waals surface area contributed by atoms with E-state index in [1.165, 1.54) is 4.68 Å². The lowest BCUT2D eigenvalue weighted by Crippen LogP contribution is -2.05. The van der Waals surface area contributed by atoms with Crippen LogP contribution in [-0.4, -0.2) is 20.9 Å². The molecule has 0 aliphatic rings. The fourth-order valence-corrected chi connectivity index (χ4v) is 1.61. The van der Waals surface area contributed by atoms with Gasteiger partial charge in [0.15, 0.2) is 5.69 Å². The van der Waals surface area contributed by atoms with E-state index in [2.05, 4.69) is 5.10 Å². The number of aromatic carboxylic acids is 1. The zero-order valence-corrected chi connectivity index (χ0v) is 9.98. The van der Waals surface area contributed by atoms with E-state index in [0.717, 1.165) is 11.1 Å². The first kappa shape index (κ1) is 12.2. The van der Waals surface area contributed by atoms with Crippen LogP contribution in [0.15, 0.2) is 18.2 Å². The zero-order valence-electron chi connectivity index (χ0n) is 9.98. The third-order valence-electron chi connectivity index (χ3n) is 2.27. The van der Waals surface area contributed by atoms with Crippen molar-refractivity contribution in [3.8, 4) is 0 Å². The molecular weight excluding hydrogens is 204 g/mol. The molecule has 0 aliphatic carbocycles. The Bertz CT molecular complexity index is 515. The van der Waals surface area contributed by atoms with Crippen LogP contribution in [0.1, 0.15) is 29.9 Å². The first-order valence-corrected chi connectivity index (χ1v) is 5.27. The topological polar surface area (TPSA) is 55.1 Å². The number of benzene rings is 1. The Morgan fingerprint density at radius 2 is 2.00 bits per heavy atom. The molecule has 0 radical (unpaired) electrons. The maximum Gasteiger partial charge on any atom is 0.354 e. The van der Waals surface area contributed by atoms with Gasteiger partial charge in [-0.2, -0.15) is 5.10 Å². The molecule has 86 valence electrons. The van der Waals surface area contributed by atoms with Crippen molar-refractivity contribution in [2.24, 2.45) is 7.05 Å². The van der Waals surface area contributed by atoms with Gasteiger partial charge in [-0.3, -0.25) is 4.68 Å². The number of aromatic nitrogens is 2. The average molecular weight is 220 g/mol. The van der Waals surface area contributed by atoms with Crippen LogP contribution in [0.4, 0.5) is 0 Å². The Morgan fingerprint density at radius 3 is 2.56 bits per heavy atom. The van der Waals surface area contributed by atoms with Crippen LogP contribution in [0.5, 0.6) is 0 Å². The van der Waals surface area contributed by atoms with Crippen LogP contribution in [0.25, 0.3) is 10.9 Å². The first-order valence-electron chi connectivity index (χ1n) is 5.27. The Kier molecular flexibility index (Phi) is 3.66. The highest BCUT2D eigenvalue weighted by Gasteiger charge is 2.15. The van der Waals surface area contributed by atoms with E-state index in [1.807, 2.05) is 32.9 Å². The average Bonchev–Trinajstić information content (AvgIpc) is 2.59. The van der Waals surface area contributed by atoms with Gasteiger partial charge in [0.05, 0.1) is 5.52 Å². The molecule has 2 aromatic rings. The predicted octanol–water partition coefficient (Wildman–Crippen LogP) is 2.61. The van der Waals surface area contributed by atoms with E-state index < -0.39 is 5.97 Å². The molecule has 1 heterocycles. The van der Waals surface area contributed by atoms with Gasteiger partial charge in [0.1, 0.15) is 0 Å². The van der Waals surface area contributed by atoms with E-state index in [0.29, 0.717) is 5.39 Å². The fourth-order valence-electron chi connectivity index (χ4n) is 1.61. The maximum atomic E-state index is 10.9. The summed E-state index contributed by atoms with van der Waals surface area (Å²) in [7, 11) is 1.64. The van der Waals surface area contributed by atoms with E-state index in [-0.39, 0.29) is 5.69 Å². The Labute approximate surface area is 94.5 Å². The lowest BCUT2D eigenvalue weighted by molar-refractivity contribution is 0.0687. The van der Waals surface area contributed by atoms with Gasteiger partial charge < -0.3 is 5.11 Å². The Morgan fingerprint density at radius 1 is 1.38 bits per heavy atom. The number of hydrogen-bond acceptors (Lipinski definition) is 2. The van der Waals surface area contributed by atoms with Gasteiger partial charge in [0.25, 0.3) is 0 Å². The molecule has 0 unspecified atom stereocenters. The molecule has 1 aromatic heterocycles. The molecule has 4 nitrogen and oxygen atoms in total. The van der Waals surface area contributed by atoms with Crippen LogP contribution >= 0.6 is 0 Å². The summed E-state index contributed by atoms with van der Waals surface area (Å²) in [5.41, 5.74) is 1.99. The summed E-state index contributed by atoms with van der Waals surface area (Å²) in [5.74, 6) is -0.944. The Hall–Kier alpha value is -1.84. The van der Waals surface area contributed by atoms with Gasteiger partial charge in [0.2, 0.25) is 0 Å². The molecule has 0 amide bonds. The van der Waals surface area contributed by atoms with Gasteiger partial charge in [-0.25, -0.2) is 4.79 Å². The summed E-state index contributed by atoms with van der Waals surface area (Å²) >= 11 is 0. The SMILES string of the molecule is CC.Cc1cccc2c(C(=O)O)n(C)nc12. The molecule has 0 fully saturated rings. The van der Waals surface area contributed by atoms with Crippen molar-refractivity contribution in [3.05, 3.63) is 29.5 Å². The van der Waals surface area contributed by atoms with Crippen LogP contribution in [0.3, 0.4) is 0 Å². The highest BCUT2D eigenvalue weighted by atomic mass is 16.4. The minimum atomic E-state index is -0.944. The largest absolute Gasteiger partial charge is 0.477 e. The van der Waals surface area contributed by atoms with Gasteiger partial charge in [-0.1, -0.05) is 32.0 Å². The van der Waals surface area contributed by atoms with Crippen molar-refractivity contribution in [1.82, 2.24) is 9.78 Å². The molecule has 1 N–H and O–H groups in total. The molecular formula is C12H16N2O2. The van der Waals surface area contributed by atoms with Crippen molar-refractivity contribution < 1.29 is 9.90 Å². The van der Waals surface area contributed by atoms with E-state index in [1.54, 1.807) is 13.1 Å². The van der Waals surface area contributed by atoms with Crippen LogP contribution < -0.4 is 0 Å². The minimum absolute atomic E-state index is 0.240. The second-order valence-corrected chi connectivity index (χ2v) is 3.25. The summed E-state index contributed by atoms with van der Waals surface area (Å²) in [4.78, 5) is 10.9. The number of fused-ring (bicyclic) bond motifs is 1. The summed E-state index contributed by atoms with van der Waals surface area (Å²) in [5, 5.41) is 13.8. The van der Waals surface area contributed by atoms with Crippen molar-refractivity contribution in [2.45, 2.75) is 20.8 Å². The molecule has 16 heavy (non-hydrogen) atoms. The van der Waals surface area contributed by atoms with E-state index >= 15 is 0 Å². The number of carboxylic acid groups (broad SMARTS) is 1. The standard InChI is InChI=1S/C10H10N2O2.C2H6/c1-6-4-3-5-7-8(6)11-12(2)9(7)10(13)14;1-2/h3-5H,1-2H3,(H,13,14);1-2H3. The molecule has 0 aliphatic heterocycles. The second kappa shape index (κ2) is 4.79. The third kappa shape index (κ3) is 1.91. The highest BCUT2D eigenvalue weighted by molar-refractivity contribution is 6.02. The fraction of sp³-hybridized carbons (Fsp3) is 0.333. The van der Waals surface area contributed by atoms with Crippen LogP contribution in [0.2, 0.25) is 0 Å². The van der Waals surface area contributed by atoms with Crippen molar-refractivity contribution >= 4 is 16.9 Å². The molecule has 2 rings (SSSR count). The second-order valence-electron chi connectivity index (χ2n) is 3.25. The Balaban J connectivity index is 0.000000606. The lowest BCUT2D eigenvalue weighted by Gasteiger charge is -1.94. The third-order valence-corrected chi connectivity index (χ3v) is 2.27. The van der Waals surface area contributed by atoms with E-state index in [4.69, 9.17) is 5.11 Å². The highest BCUT2D eigenvalue weighted by Crippen LogP contribution is 2.20. The molecule has 0 spiro atoms. The number of rotatable bonds is 1. The molecule has 4 heteroatoms. The van der Waals surface area contributed by atoms with Gasteiger partial charge in [0, 0.05) is 12.4 Å². The number of hydrogen-bond donors (Lipinski definition) is 1. The van der Waals surface area contributed by atoms with Crippen LogP contribution in [0, 0.1) is 6.92 Å². The number of nitrogens with zero attached hydrogens (tertiary/aromatic N) is 2. The van der Waals surface area contributed by atoms with Gasteiger partial charge >= 0.3 is 5.97 Å².